The van der Waals surface area contributed by atoms with Crippen LogP contribution in [0.1, 0.15) is 55.8 Å². The van der Waals surface area contributed by atoms with Gasteiger partial charge in [-0.15, -0.1) is 0 Å². The molecule has 0 radical (unpaired) electrons. The fourth-order valence-electron chi connectivity index (χ4n) is 3.49. The second-order valence-electron chi connectivity index (χ2n) is 5.66. The number of hydrogen-bond acceptors (Lipinski definition) is 2. The van der Waals surface area contributed by atoms with Gasteiger partial charge < -0.3 is 0 Å². The third-order valence-corrected chi connectivity index (χ3v) is 4.47. The minimum Gasteiger partial charge on any atom is -0.289 e. The van der Waals surface area contributed by atoms with Crippen LogP contribution in [0.5, 0.6) is 0 Å². The highest BCUT2D eigenvalue weighted by molar-refractivity contribution is 6.29. The van der Waals surface area contributed by atoms with Gasteiger partial charge in [-0.05, 0) is 42.9 Å². The van der Waals surface area contributed by atoms with Crippen molar-refractivity contribution in [2.75, 3.05) is 0 Å². The molecule has 0 saturated heterocycles. The fourth-order valence-corrected chi connectivity index (χ4v) is 3.49. The summed E-state index contributed by atoms with van der Waals surface area (Å²) in [6.07, 6.45) is 3.51. The molecule has 0 fully saturated rings. The first-order valence-corrected chi connectivity index (χ1v) is 7.21. The van der Waals surface area contributed by atoms with E-state index in [1.807, 2.05) is 0 Å². The molecule has 104 valence electrons. The average molecular weight is 280 g/mol. The van der Waals surface area contributed by atoms with Crippen molar-refractivity contribution in [2.24, 2.45) is 0 Å². The Morgan fingerprint density at radius 2 is 1.48 bits per heavy atom. The van der Waals surface area contributed by atoms with Gasteiger partial charge >= 0.3 is 0 Å². The number of fused-ring (bicyclic) bond motifs is 4. The van der Waals surface area contributed by atoms with E-state index in [-0.39, 0.29) is 17.1 Å². The summed E-state index contributed by atoms with van der Waals surface area (Å²) in [5, 5.41) is 0. The molecule has 2 aliphatic carbocycles. The number of aryl methyl sites for hydroxylation is 1. The van der Waals surface area contributed by atoms with E-state index in [1.165, 1.54) is 6.07 Å². The number of benzene rings is 2. The molecule has 0 aliphatic heterocycles. The molecule has 0 aromatic heterocycles. The molecule has 3 heteroatoms. The molecule has 4 rings (SSSR count). The van der Waals surface area contributed by atoms with E-state index < -0.39 is 5.82 Å². The highest BCUT2D eigenvalue weighted by Crippen LogP contribution is 2.35. The highest BCUT2D eigenvalue weighted by Gasteiger charge is 2.35. The molecule has 0 spiro atoms. The van der Waals surface area contributed by atoms with Crippen molar-refractivity contribution in [1.29, 1.82) is 0 Å². The van der Waals surface area contributed by atoms with Gasteiger partial charge in [-0.25, -0.2) is 4.39 Å². The number of carbonyl (C=O) groups is 2. The first kappa shape index (κ1) is 12.5. The highest BCUT2D eigenvalue weighted by atomic mass is 19.1. The molecule has 2 aliphatic rings. The predicted molar refractivity (Wildman–Crippen MR) is 76.3 cm³/mol. The number of ketones is 2. The van der Waals surface area contributed by atoms with Crippen molar-refractivity contribution in [1.82, 2.24) is 0 Å². The van der Waals surface area contributed by atoms with Crippen molar-refractivity contribution in [2.45, 2.75) is 25.7 Å². The Morgan fingerprint density at radius 1 is 0.857 bits per heavy atom. The SMILES string of the molecule is O=C1c2ccccc2C(=O)c2c3c(cc(F)c21)CCCC3. The second-order valence-corrected chi connectivity index (χ2v) is 5.66. The minimum absolute atomic E-state index is 0.0284. The lowest BCUT2D eigenvalue weighted by Gasteiger charge is -2.25. The Hall–Kier alpha value is -2.29. The van der Waals surface area contributed by atoms with Crippen LogP contribution in [0.25, 0.3) is 0 Å². The molecule has 0 unspecified atom stereocenters. The van der Waals surface area contributed by atoms with Gasteiger partial charge in [0.25, 0.3) is 0 Å². The third-order valence-electron chi connectivity index (χ3n) is 4.47. The third kappa shape index (κ3) is 1.63. The maximum Gasteiger partial charge on any atom is 0.197 e. The summed E-state index contributed by atoms with van der Waals surface area (Å²) < 4.78 is 14.4. The molecular formula is C18H13FO2. The molecule has 2 nitrogen and oxygen atoms in total. The number of halogens is 1. The van der Waals surface area contributed by atoms with E-state index in [0.29, 0.717) is 16.7 Å². The van der Waals surface area contributed by atoms with E-state index in [2.05, 4.69) is 0 Å². The van der Waals surface area contributed by atoms with Crippen LogP contribution >= 0.6 is 0 Å². The van der Waals surface area contributed by atoms with Crippen LogP contribution in [0.4, 0.5) is 4.39 Å². The number of rotatable bonds is 0. The quantitative estimate of drug-likeness (QED) is 0.632. The van der Waals surface area contributed by atoms with E-state index in [4.69, 9.17) is 0 Å². The van der Waals surface area contributed by atoms with Crippen LogP contribution in [0.3, 0.4) is 0 Å². The number of carbonyl (C=O) groups excluding carboxylic acids is 2. The molecule has 2 aromatic carbocycles. The van der Waals surface area contributed by atoms with E-state index in [1.54, 1.807) is 24.3 Å². The van der Waals surface area contributed by atoms with Crippen molar-refractivity contribution < 1.29 is 14.0 Å². The standard InChI is InChI=1S/C18H13FO2/c19-14-9-10-5-1-2-6-11(10)15-16(14)18(21)13-8-4-3-7-12(13)17(15)20/h3-4,7-9H,1-2,5-6H2. The topological polar surface area (TPSA) is 34.1 Å². The average Bonchev–Trinajstić information content (AvgIpc) is 2.51. The lowest BCUT2D eigenvalue weighted by molar-refractivity contribution is 0.0974. The zero-order valence-electron chi connectivity index (χ0n) is 11.4. The van der Waals surface area contributed by atoms with Crippen LogP contribution in [0, 0.1) is 5.82 Å². The van der Waals surface area contributed by atoms with Crippen molar-refractivity contribution >= 4 is 11.6 Å². The summed E-state index contributed by atoms with van der Waals surface area (Å²) in [5.41, 5.74) is 2.76. The van der Waals surface area contributed by atoms with Crippen molar-refractivity contribution in [3.05, 3.63) is 69.5 Å². The summed E-state index contributed by atoms with van der Waals surface area (Å²) in [5.74, 6) is -1.14. The maximum absolute atomic E-state index is 14.4. The van der Waals surface area contributed by atoms with Crippen LogP contribution in [-0.4, -0.2) is 11.6 Å². The molecule has 0 saturated carbocycles. The minimum atomic E-state index is -0.557. The van der Waals surface area contributed by atoms with Gasteiger partial charge in [0.15, 0.2) is 11.6 Å². The van der Waals surface area contributed by atoms with Gasteiger partial charge in [0.2, 0.25) is 0 Å². The molecular weight excluding hydrogens is 267 g/mol. The first-order valence-electron chi connectivity index (χ1n) is 7.21. The van der Waals surface area contributed by atoms with Crippen LogP contribution in [-0.2, 0) is 12.8 Å². The van der Waals surface area contributed by atoms with Crippen LogP contribution < -0.4 is 0 Å². The van der Waals surface area contributed by atoms with Gasteiger partial charge in [-0.2, -0.15) is 0 Å². The first-order chi connectivity index (χ1) is 10.2. The van der Waals surface area contributed by atoms with Gasteiger partial charge in [0.1, 0.15) is 5.82 Å². The van der Waals surface area contributed by atoms with E-state index >= 15 is 0 Å². The molecule has 0 N–H and O–H groups in total. The van der Waals surface area contributed by atoms with Gasteiger partial charge in [-0.1, -0.05) is 24.3 Å². The Kier molecular flexibility index (Phi) is 2.58. The predicted octanol–water partition coefficient (Wildman–Crippen LogP) is 3.48. The lowest BCUT2D eigenvalue weighted by Crippen LogP contribution is -2.26. The fraction of sp³-hybridized carbons (Fsp3) is 0.222. The monoisotopic (exact) mass is 280 g/mol. The lowest BCUT2D eigenvalue weighted by atomic mass is 9.77. The molecule has 0 amide bonds. The Labute approximate surface area is 121 Å². The van der Waals surface area contributed by atoms with Gasteiger partial charge in [0.05, 0.1) is 5.56 Å². The Bertz CT molecular complexity index is 805. The molecule has 0 bridgehead atoms. The Morgan fingerprint density at radius 3 is 2.19 bits per heavy atom. The molecule has 0 atom stereocenters. The smallest absolute Gasteiger partial charge is 0.197 e. The Balaban J connectivity index is 2.07. The maximum atomic E-state index is 14.4. The van der Waals surface area contributed by atoms with Gasteiger partial charge in [0, 0.05) is 16.7 Å². The van der Waals surface area contributed by atoms with Gasteiger partial charge in [-0.3, -0.25) is 9.59 Å². The molecule has 0 heterocycles. The molecule has 2 aromatic rings. The largest absolute Gasteiger partial charge is 0.289 e. The summed E-state index contributed by atoms with van der Waals surface area (Å²) in [4.78, 5) is 25.3. The summed E-state index contributed by atoms with van der Waals surface area (Å²) in [6.45, 7) is 0. The number of hydrogen-bond donors (Lipinski definition) is 0. The van der Waals surface area contributed by atoms with E-state index in [0.717, 1.165) is 36.8 Å². The summed E-state index contributed by atoms with van der Waals surface area (Å²) in [7, 11) is 0. The van der Waals surface area contributed by atoms with Crippen molar-refractivity contribution in [3.8, 4) is 0 Å². The zero-order valence-corrected chi connectivity index (χ0v) is 11.4. The second kappa shape index (κ2) is 4.35. The molecule has 21 heavy (non-hydrogen) atoms. The summed E-state index contributed by atoms with van der Waals surface area (Å²) in [6, 6.07) is 8.13. The zero-order chi connectivity index (χ0) is 14.6. The van der Waals surface area contributed by atoms with E-state index in [9.17, 15) is 14.0 Å². The van der Waals surface area contributed by atoms with Crippen LogP contribution in [0.15, 0.2) is 30.3 Å². The summed E-state index contributed by atoms with van der Waals surface area (Å²) >= 11 is 0. The van der Waals surface area contributed by atoms with Crippen LogP contribution in [0.2, 0.25) is 0 Å². The normalized spacial score (nSPS) is 16.2. The van der Waals surface area contributed by atoms with Crippen molar-refractivity contribution in [3.63, 3.8) is 0 Å².